The highest BCUT2D eigenvalue weighted by atomic mass is 127. The van der Waals surface area contributed by atoms with Gasteiger partial charge in [0.15, 0.2) is 0 Å². The molecule has 1 aliphatic heterocycles. The molecule has 202 valence electrons. The number of nitrogens with one attached hydrogen (secondary N) is 1. The maximum Gasteiger partial charge on any atom is 0.294 e. The monoisotopic (exact) mass is 656 g/mol. The number of amides is 2. The van der Waals surface area contributed by atoms with Gasteiger partial charge < -0.3 is 9.88 Å². The molecule has 0 unspecified atom stereocenters. The van der Waals surface area contributed by atoms with E-state index in [0.29, 0.717) is 16.3 Å². The molecule has 10 heteroatoms. The summed E-state index contributed by atoms with van der Waals surface area (Å²) in [5.41, 5.74) is 4.65. The number of carbonyl (C=O) groups is 2. The number of anilines is 1. The summed E-state index contributed by atoms with van der Waals surface area (Å²) < 4.78 is 3.03. The van der Waals surface area contributed by atoms with Crippen molar-refractivity contribution in [3.63, 3.8) is 0 Å². The van der Waals surface area contributed by atoms with Crippen LogP contribution in [-0.4, -0.2) is 31.6 Å². The highest BCUT2D eigenvalue weighted by Crippen LogP contribution is 2.36. The standard InChI is InChI=1S/C29H29IN4O4S/c1-18-14-21(15-27-28(35)32(29(36)39-27)17-20-8-10-22(30)11-9-20)19(2)33(18)24-12-13-25(26(16-24)34(37)38)31-23-6-4-3-5-7-23/h8-16,23,31H,3-7,17H2,1-2H3/b27-15-. The number of hydrogen-bond donors (Lipinski definition) is 1. The van der Waals surface area contributed by atoms with Gasteiger partial charge in [0.1, 0.15) is 5.69 Å². The van der Waals surface area contributed by atoms with Crippen LogP contribution in [0.2, 0.25) is 0 Å². The molecule has 1 saturated heterocycles. The number of halogens is 1. The molecule has 2 amide bonds. The van der Waals surface area contributed by atoms with Crippen molar-refractivity contribution in [1.82, 2.24) is 9.47 Å². The fourth-order valence-electron chi connectivity index (χ4n) is 5.28. The molecule has 1 saturated carbocycles. The topological polar surface area (TPSA) is 97.5 Å². The Kier molecular flexibility index (Phi) is 8.13. The van der Waals surface area contributed by atoms with Gasteiger partial charge in [0.25, 0.3) is 16.8 Å². The molecule has 0 spiro atoms. The molecular weight excluding hydrogens is 627 g/mol. The van der Waals surface area contributed by atoms with Crippen LogP contribution in [0, 0.1) is 27.5 Å². The minimum Gasteiger partial charge on any atom is -0.377 e. The van der Waals surface area contributed by atoms with Gasteiger partial charge in [-0.3, -0.25) is 24.6 Å². The van der Waals surface area contributed by atoms with Crippen molar-refractivity contribution in [2.45, 2.75) is 58.5 Å². The summed E-state index contributed by atoms with van der Waals surface area (Å²) in [5.74, 6) is -0.317. The highest BCUT2D eigenvalue weighted by molar-refractivity contribution is 14.1. The number of hydrogen-bond acceptors (Lipinski definition) is 6. The molecule has 0 atom stereocenters. The molecule has 39 heavy (non-hydrogen) atoms. The second-order valence-corrected chi connectivity index (χ2v) is 12.2. The van der Waals surface area contributed by atoms with Gasteiger partial charge in [-0.15, -0.1) is 0 Å². The SMILES string of the molecule is Cc1cc(/C=C2\SC(=O)N(Cc3ccc(I)cc3)C2=O)c(C)n1-c1ccc(NC2CCCCC2)c([N+](=O)[O-])c1. The normalized spacial score (nSPS) is 17.3. The van der Waals surface area contributed by atoms with Crippen LogP contribution >= 0.6 is 34.4 Å². The van der Waals surface area contributed by atoms with E-state index in [1.54, 1.807) is 18.2 Å². The maximum atomic E-state index is 13.1. The third kappa shape index (κ3) is 5.91. The molecule has 1 N–H and O–H groups in total. The molecule has 2 aromatic carbocycles. The average Bonchev–Trinajstić information content (AvgIpc) is 3.34. The van der Waals surface area contributed by atoms with Crippen LogP contribution in [0.5, 0.6) is 0 Å². The number of nitro benzene ring substituents is 1. The van der Waals surface area contributed by atoms with E-state index >= 15 is 0 Å². The fraction of sp³-hybridized carbons (Fsp3) is 0.310. The smallest absolute Gasteiger partial charge is 0.294 e. The summed E-state index contributed by atoms with van der Waals surface area (Å²) in [6.07, 6.45) is 7.28. The van der Waals surface area contributed by atoms with Gasteiger partial charge in [0, 0.05) is 27.1 Å². The number of rotatable bonds is 7. The number of nitro groups is 1. The van der Waals surface area contributed by atoms with Crippen molar-refractivity contribution >= 4 is 62.9 Å². The second kappa shape index (κ2) is 11.5. The van der Waals surface area contributed by atoms with Crippen molar-refractivity contribution in [1.29, 1.82) is 0 Å². The first kappa shape index (κ1) is 27.4. The maximum absolute atomic E-state index is 13.1. The molecule has 0 bridgehead atoms. The number of aromatic nitrogens is 1. The van der Waals surface area contributed by atoms with E-state index in [4.69, 9.17) is 0 Å². The summed E-state index contributed by atoms with van der Waals surface area (Å²) in [7, 11) is 0. The Hall–Kier alpha value is -3.12. The summed E-state index contributed by atoms with van der Waals surface area (Å²) in [6.45, 7) is 4.06. The van der Waals surface area contributed by atoms with Crippen molar-refractivity contribution in [2.75, 3.05) is 5.32 Å². The van der Waals surface area contributed by atoms with Crippen LogP contribution < -0.4 is 5.32 Å². The Morgan fingerprint density at radius 3 is 2.49 bits per heavy atom. The lowest BCUT2D eigenvalue weighted by molar-refractivity contribution is -0.384. The third-order valence-corrected chi connectivity index (χ3v) is 8.91. The van der Waals surface area contributed by atoms with Crippen LogP contribution in [0.25, 0.3) is 11.8 Å². The minimum absolute atomic E-state index is 0.0452. The Morgan fingerprint density at radius 1 is 1.08 bits per heavy atom. The molecule has 2 heterocycles. The van der Waals surface area contributed by atoms with E-state index in [1.165, 1.54) is 11.3 Å². The van der Waals surface area contributed by atoms with Crippen LogP contribution in [-0.2, 0) is 11.3 Å². The van der Waals surface area contributed by atoms with Crippen molar-refractivity contribution in [3.8, 4) is 5.69 Å². The molecule has 2 fully saturated rings. The van der Waals surface area contributed by atoms with E-state index in [2.05, 4.69) is 27.9 Å². The van der Waals surface area contributed by atoms with Crippen molar-refractivity contribution in [2.24, 2.45) is 0 Å². The number of benzene rings is 2. The summed E-state index contributed by atoms with van der Waals surface area (Å²) in [5, 5.41) is 15.1. The van der Waals surface area contributed by atoms with Gasteiger partial charge in [-0.05, 0) is 109 Å². The Bertz CT molecular complexity index is 1480. The van der Waals surface area contributed by atoms with Gasteiger partial charge in [0.2, 0.25) is 0 Å². The largest absolute Gasteiger partial charge is 0.377 e. The van der Waals surface area contributed by atoms with E-state index in [0.717, 1.165) is 63.5 Å². The first-order chi connectivity index (χ1) is 18.7. The molecule has 3 aromatic rings. The van der Waals surface area contributed by atoms with Crippen LogP contribution in [0.1, 0.15) is 54.6 Å². The van der Waals surface area contributed by atoms with Crippen LogP contribution in [0.3, 0.4) is 0 Å². The number of aryl methyl sites for hydroxylation is 1. The lowest BCUT2D eigenvalue weighted by Gasteiger charge is -2.24. The van der Waals surface area contributed by atoms with Crippen LogP contribution in [0.4, 0.5) is 16.2 Å². The lowest BCUT2D eigenvalue weighted by atomic mass is 9.95. The van der Waals surface area contributed by atoms with Gasteiger partial charge in [-0.25, -0.2) is 0 Å². The minimum atomic E-state index is -0.340. The highest BCUT2D eigenvalue weighted by Gasteiger charge is 2.35. The van der Waals surface area contributed by atoms with Crippen molar-refractivity contribution < 1.29 is 14.5 Å². The predicted molar refractivity (Wildman–Crippen MR) is 163 cm³/mol. The Balaban J connectivity index is 1.40. The van der Waals surface area contributed by atoms with E-state index in [-0.39, 0.29) is 34.3 Å². The predicted octanol–water partition coefficient (Wildman–Crippen LogP) is 7.59. The Morgan fingerprint density at radius 2 is 1.79 bits per heavy atom. The molecule has 5 rings (SSSR count). The number of carbonyl (C=O) groups excluding carboxylic acids is 2. The van der Waals surface area contributed by atoms with E-state index < -0.39 is 0 Å². The number of imide groups is 1. The first-order valence-corrected chi connectivity index (χ1v) is 14.8. The van der Waals surface area contributed by atoms with Gasteiger partial charge in [-0.2, -0.15) is 0 Å². The average molecular weight is 657 g/mol. The number of nitrogens with zero attached hydrogens (tertiary/aromatic N) is 3. The summed E-state index contributed by atoms with van der Waals surface area (Å²) >= 11 is 3.15. The van der Waals surface area contributed by atoms with Gasteiger partial charge in [-0.1, -0.05) is 31.4 Å². The van der Waals surface area contributed by atoms with E-state index in [9.17, 15) is 19.7 Å². The van der Waals surface area contributed by atoms with Gasteiger partial charge in [0.05, 0.1) is 22.1 Å². The van der Waals surface area contributed by atoms with Crippen molar-refractivity contribution in [3.05, 3.63) is 89.6 Å². The van der Waals surface area contributed by atoms with Gasteiger partial charge >= 0.3 is 0 Å². The molecule has 2 aliphatic rings. The molecule has 8 nitrogen and oxygen atoms in total. The third-order valence-electron chi connectivity index (χ3n) is 7.29. The zero-order valence-corrected chi connectivity index (χ0v) is 24.8. The molecule has 1 aromatic heterocycles. The summed E-state index contributed by atoms with van der Waals surface area (Å²) in [4.78, 5) is 39.0. The summed E-state index contributed by atoms with van der Waals surface area (Å²) in [6, 6.07) is 15.2. The zero-order chi connectivity index (χ0) is 27.7. The van der Waals surface area contributed by atoms with E-state index in [1.807, 2.05) is 54.8 Å². The molecule has 0 radical (unpaired) electrons. The Labute approximate surface area is 245 Å². The molecular formula is C29H29IN4O4S. The fourth-order valence-corrected chi connectivity index (χ4v) is 6.47. The molecule has 1 aliphatic carbocycles. The lowest BCUT2D eigenvalue weighted by Crippen LogP contribution is -2.27. The second-order valence-electron chi connectivity index (χ2n) is 9.99. The quantitative estimate of drug-likeness (QED) is 0.122. The first-order valence-electron chi connectivity index (χ1n) is 13.0. The number of thioether (sulfide) groups is 1. The zero-order valence-electron chi connectivity index (χ0n) is 21.8. The van der Waals surface area contributed by atoms with Crippen LogP contribution in [0.15, 0.2) is 53.4 Å².